The quantitative estimate of drug-likeness (QED) is 0.856. The summed E-state index contributed by atoms with van der Waals surface area (Å²) in [5.41, 5.74) is 0.800. The molecule has 108 valence electrons. The van der Waals surface area contributed by atoms with Crippen LogP contribution < -0.4 is 4.90 Å². The summed E-state index contributed by atoms with van der Waals surface area (Å²) >= 11 is 5.85. The Labute approximate surface area is 124 Å². The smallest absolute Gasteiger partial charge is 0.227 e. The molecule has 1 atom stereocenters. The van der Waals surface area contributed by atoms with Gasteiger partial charge in [-0.15, -0.1) is 0 Å². The molecule has 1 aromatic rings. The van der Waals surface area contributed by atoms with Crippen molar-refractivity contribution < 1.29 is 9.59 Å². The molecule has 1 fully saturated rings. The zero-order valence-corrected chi connectivity index (χ0v) is 12.6. The van der Waals surface area contributed by atoms with Crippen molar-refractivity contribution >= 4 is 29.1 Å². The van der Waals surface area contributed by atoms with Crippen LogP contribution in [0.5, 0.6) is 0 Å². The highest BCUT2D eigenvalue weighted by Crippen LogP contribution is 2.27. The van der Waals surface area contributed by atoms with Crippen LogP contribution in [0.15, 0.2) is 24.3 Å². The maximum atomic E-state index is 12.3. The van der Waals surface area contributed by atoms with Crippen LogP contribution in [-0.2, 0) is 9.59 Å². The van der Waals surface area contributed by atoms with Crippen molar-refractivity contribution in [3.8, 4) is 0 Å². The number of carbonyl (C=O) groups is 2. The molecule has 2 rings (SSSR count). The van der Waals surface area contributed by atoms with Crippen molar-refractivity contribution in [2.24, 2.45) is 5.92 Å². The summed E-state index contributed by atoms with van der Waals surface area (Å²) in [4.78, 5) is 27.9. The SMILES string of the molecule is CCN(CC)C(=O)[C@H]1CC(=O)N(c2ccc(Cl)cc2)C1. The average Bonchev–Trinajstić information content (AvgIpc) is 2.83. The third-order valence-electron chi connectivity index (χ3n) is 3.69. The molecule has 0 N–H and O–H groups in total. The Hall–Kier alpha value is -1.55. The number of nitrogens with zero attached hydrogens (tertiary/aromatic N) is 2. The summed E-state index contributed by atoms with van der Waals surface area (Å²) in [6.45, 7) is 5.72. The second-order valence-electron chi connectivity index (χ2n) is 4.89. The van der Waals surface area contributed by atoms with Crippen LogP contribution in [-0.4, -0.2) is 36.3 Å². The Bertz CT molecular complexity index is 497. The van der Waals surface area contributed by atoms with Crippen LogP contribution in [0.4, 0.5) is 5.69 Å². The standard InChI is InChI=1S/C15H19ClN2O2/c1-3-17(4-2)15(20)11-9-14(19)18(10-11)13-7-5-12(16)6-8-13/h5-8,11H,3-4,9-10H2,1-2H3/t11-/m0/s1. The molecule has 0 radical (unpaired) electrons. The van der Waals surface area contributed by atoms with Gasteiger partial charge in [0.15, 0.2) is 0 Å². The van der Waals surface area contributed by atoms with Crippen LogP contribution in [0.2, 0.25) is 5.02 Å². The van der Waals surface area contributed by atoms with Gasteiger partial charge in [0, 0.05) is 36.8 Å². The molecule has 0 saturated carbocycles. The summed E-state index contributed by atoms with van der Waals surface area (Å²) in [7, 11) is 0. The lowest BCUT2D eigenvalue weighted by Gasteiger charge is -2.22. The van der Waals surface area contributed by atoms with Gasteiger partial charge in [0.25, 0.3) is 0 Å². The minimum Gasteiger partial charge on any atom is -0.343 e. The Kier molecular flexibility index (Phi) is 4.65. The fourth-order valence-corrected chi connectivity index (χ4v) is 2.66. The van der Waals surface area contributed by atoms with Gasteiger partial charge in [-0.3, -0.25) is 9.59 Å². The maximum Gasteiger partial charge on any atom is 0.227 e. The van der Waals surface area contributed by atoms with Crippen molar-refractivity contribution in [1.29, 1.82) is 0 Å². The molecule has 4 nitrogen and oxygen atoms in total. The summed E-state index contributed by atoms with van der Waals surface area (Å²) in [5.74, 6) is -0.171. The lowest BCUT2D eigenvalue weighted by molar-refractivity contribution is -0.135. The van der Waals surface area contributed by atoms with E-state index in [0.29, 0.717) is 24.7 Å². The number of hydrogen-bond acceptors (Lipinski definition) is 2. The highest BCUT2D eigenvalue weighted by Gasteiger charge is 2.36. The number of rotatable bonds is 4. The molecule has 0 bridgehead atoms. The van der Waals surface area contributed by atoms with Gasteiger partial charge in [0.2, 0.25) is 11.8 Å². The number of amides is 2. The first kappa shape index (κ1) is 14.9. The van der Waals surface area contributed by atoms with E-state index in [1.54, 1.807) is 21.9 Å². The van der Waals surface area contributed by atoms with Crippen LogP contribution in [0, 0.1) is 5.92 Å². The Morgan fingerprint density at radius 1 is 1.30 bits per heavy atom. The molecule has 0 aliphatic carbocycles. The third-order valence-corrected chi connectivity index (χ3v) is 3.94. The second-order valence-corrected chi connectivity index (χ2v) is 5.33. The average molecular weight is 295 g/mol. The second kappa shape index (κ2) is 6.27. The van der Waals surface area contributed by atoms with E-state index in [-0.39, 0.29) is 24.2 Å². The Balaban J connectivity index is 2.11. The van der Waals surface area contributed by atoms with Gasteiger partial charge >= 0.3 is 0 Å². The van der Waals surface area contributed by atoms with Gasteiger partial charge in [-0.25, -0.2) is 0 Å². The molecule has 5 heteroatoms. The largest absolute Gasteiger partial charge is 0.343 e. The van der Waals surface area contributed by atoms with Gasteiger partial charge < -0.3 is 9.80 Å². The van der Waals surface area contributed by atoms with Crippen LogP contribution in [0.1, 0.15) is 20.3 Å². The van der Waals surface area contributed by atoms with E-state index < -0.39 is 0 Å². The lowest BCUT2D eigenvalue weighted by atomic mass is 10.1. The van der Waals surface area contributed by atoms with E-state index in [1.807, 2.05) is 26.0 Å². The fourth-order valence-electron chi connectivity index (χ4n) is 2.54. The molecule has 0 unspecified atom stereocenters. The predicted octanol–water partition coefficient (Wildman–Crippen LogP) is 2.56. The predicted molar refractivity (Wildman–Crippen MR) is 79.8 cm³/mol. The zero-order chi connectivity index (χ0) is 14.7. The molecule has 1 aliphatic heterocycles. The third kappa shape index (κ3) is 2.96. The summed E-state index contributed by atoms with van der Waals surface area (Å²) in [5, 5.41) is 0.635. The molecule has 1 saturated heterocycles. The van der Waals surface area contributed by atoms with Crippen LogP contribution >= 0.6 is 11.6 Å². The van der Waals surface area contributed by atoms with E-state index in [0.717, 1.165) is 5.69 Å². The molecule has 20 heavy (non-hydrogen) atoms. The Morgan fingerprint density at radius 3 is 2.45 bits per heavy atom. The van der Waals surface area contributed by atoms with Gasteiger partial charge in [0.1, 0.15) is 0 Å². The zero-order valence-electron chi connectivity index (χ0n) is 11.8. The van der Waals surface area contributed by atoms with Crippen molar-refractivity contribution in [1.82, 2.24) is 4.90 Å². The summed E-state index contributed by atoms with van der Waals surface area (Å²) < 4.78 is 0. The molecule has 0 spiro atoms. The van der Waals surface area contributed by atoms with Crippen molar-refractivity contribution in [3.05, 3.63) is 29.3 Å². The number of benzene rings is 1. The molecule has 2 amide bonds. The number of hydrogen-bond donors (Lipinski definition) is 0. The van der Waals surface area contributed by atoms with E-state index in [1.165, 1.54) is 0 Å². The minimum absolute atomic E-state index is 0.00201. The van der Waals surface area contributed by atoms with E-state index in [4.69, 9.17) is 11.6 Å². The highest BCUT2D eigenvalue weighted by atomic mass is 35.5. The van der Waals surface area contributed by atoms with Crippen molar-refractivity contribution in [2.45, 2.75) is 20.3 Å². The van der Waals surface area contributed by atoms with Crippen LogP contribution in [0.3, 0.4) is 0 Å². The topological polar surface area (TPSA) is 40.6 Å². The van der Waals surface area contributed by atoms with Crippen LogP contribution in [0.25, 0.3) is 0 Å². The number of halogens is 1. The minimum atomic E-state index is -0.238. The monoisotopic (exact) mass is 294 g/mol. The fraction of sp³-hybridized carbons (Fsp3) is 0.467. The number of carbonyl (C=O) groups excluding carboxylic acids is 2. The van der Waals surface area contributed by atoms with Crippen molar-refractivity contribution in [2.75, 3.05) is 24.5 Å². The normalized spacial score (nSPS) is 18.4. The van der Waals surface area contributed by atoms with Gasteiger partial charge in [-0.05, 0) is 38.1 Å². The first-order chi connectivity index (χ1) is 9.56. The van der Waals surface area contributed by atoms with E-state index in [9.17, 15) is 9.59 Å². The van der Waals surface area contributed by atoms with Crippen molar-refractivity contribution in [3.63, 3.8) is 0 Å². The van der Waals surface area contributed by atoms with E-state index >= 15 is 0 Å². The van der Waals surface area contributed by atoms with Gasteiger partial charge in [-0.2, -0.15) is 0 Å². The first-order valence-electron chi connectivity index (χ1n) is 6.91. The Morgan fingerprint density at radius 2 is 1.90 bits per heavy atom. The first-order valence-corrected chi connectivity index (χ1v) is 7.29. The molecule has 1 aliphatic rings. The highest BCUT2D eigenvalue weighted by molar-refractivity contribution is 6.30. The molecule has 0 aromatic heterocycles. The molecular formula is C15H19ClN2O2. The lowest BCUT2D eigenvalue weighted by Crippen LogP contribution is -2.37. The summed E-state index contributed by atoms with van der Waals surface area (Å²) in [6.07, 6.45) is 0.290. The molecule has 1 aromatic carbocycles. The summed E-state index contributed by atoms with van der Waals surface area (Å²) in [6, 6.07) is 7.13. The molecular weight excluding hydrogens is 276 g/mol. The van der Waals surface area contributed by atoms with E-state index in [2.05, 4.69) is 0 Å². The number of anilines is 1. The van der Waals surface area contributed by atoms with Gasteiger partial charge in [0.05, 0.1) is 5.92 Å². The molecule has 1 heterocycles. The van der Waals surface area contributed by atoms with Gasteiger partial charge in [-0.1, -0.05) is 11.6 Å². The maximum absolute atomic E-state index is 12.3.